The number of rotatable bonds is 3. The van der Waals surface area contributed by atoms with Crippen LogP contribution in [0.25, 0.3) is 0 Å². The van der Waals surface area contributed by atoms with Crippen LogP contribution in [-0.4, -0.2) is 41.4 Å². The maximum absolute atomic E-state index is 12.6. The van der Waals surface area contributed by atoms with E-state index in [1.165, 1.54) is 11.1 Å². The molecule has 1 atom stereocenters. The van der Waals surface area contributed by atoms with E-state index in [4.69, 9.17) is 0 Å². The third-order valence-electron chi connectivity index (χ3n) is 5.28. The van der Waals surface area contributed by atoms with E-state index in [0.717, 1.165) is 31.7 Å². The van der Waals surface area contributed by atoms with Gasteiger partial charge in [-0.05, 0) is 35.6 Å². The van der Waals surface area contributed by atoms with Gasteiger partial charge in [-0.1, -0.05) is 63.2 Å². The molecule has 138 valence electrons. The molecule has 1 heterocycles. The van der Waals surface area contributed by atoms with Crippen LogP contribution in [0.3, 0.4) is 0 Å². The second kappa shape index (κ2) is 7.63. The van der Waals surface area contributed by atoms with Crippen molar-refractivity contribution in [1.82, 2.24) is 9.80 Å². The summed E-state index contributed by atoms with van der Waals surface area (Å²) in [6.07, 6.45) is 0. The van der Waals surface area contributed by atoms with Crippen molar-refractivity contribution in [3.8, 4) is 0 Å². The molecule has 2 aromatic rings. The van der Waals surface area contributed by atoms with Crippen molar-refractivity contribution in [2.45, 2.75) is 45.7 Å². The Hall–Kier alpha value is -2.13. The summed E-state index contributed by atoms with van der Waals surface area (Å²) in [7, 11) is 0. The van der Waals surface area contributed by atoms with E-state index in [9.17, 15) is 4.79 Å². The zero-order valence-electron chi connectivity index (χ0n) is 16.4. The Bertz CT molecular complexity index is 731. The second-order valence-corrected chi connectivity index (χ2v) is 8.38. The van der Waals surface area contributed by atoms with E-state index in [1.54, 1.807) is 0 Å². The molecule has 1 saturated heterocycles. The predicted octanol–water partition coefficient (Wildman–Crippen LogP) is 4.33. The van der Waals surface area contributed by atoms with Gasteiger partial charge in [-0.3, -0.25) is 9.69 Å². The standard InChI is InChI=1S/C23H30N2O/c1-18-16-25(22(26)20-8-6-5-7-9-20)15-14-24(18)17-19-10-12-21(13-11-19)23(2,3)4/h5-13,18H,14-17H2,1-4H3/t18-/m1/s1. The van der Waals surface area contributed by atoms with Crippen LogP contribution in [0.15, 0.2) is 54.6 Å². The molecule has 1 aliphatic heterocycles. The summed E-state index contributed by atoms with van der Waals surface area (Å²) in [5, 5.41) is 0. The fraction of sp³-hybridized carbons (Fsp3) is 0.435. The van der Waals surface area contributed by atoms with E-state index in [0.29, 0.717) is 6.04 Å². The summed E-state index contributed by atoms with van der Waals surface area (Å²) in [4.78, 5) is 17.1. The Morgan fingerprint density at radius 1 is 1.00 bits per heavy atom. The van der Waals surface area contributed by atoms with E-state index < -0.39 is 0 Å². The number of amides is 1. The maximum atomic E-state index is 12.6. The lowest BCUT2D eigenvalue weighted by Gasteiger charge is -2.40. The maximum Gasteiger partial charge on any atom is 0.253 e. The highest BCUT2D eigenvalue weighted by Crippen LogP contribution is 2.23. The van der Waals surface area contributed by atoms with Gasteiger partial charge in [0.05, 0.1) is 0 Å². The fourth-order valence-corrected chi connectivity index (χ4v) is 3.52. The van der Waals surface area contributed by atoms with Crippen molar-refractivity contribution in [2.75, 3.05) is 19.6 Å². The van der Waals surface area contributed by atoms with Gasteiger partial charge in [0.25, 0.3) is 5.91 Å². The summed E-state index contributed by atoms with van der Waals surface area (Å²) in [5.41, 5.74) is 3.68. The number of hydrogen-bond donors (Lipinski definition) is 0. The Balaban J connectivity index is 1.60. The number of carbonyl (C=O) groups is 1. The minimum atomic E-state index is 0.145. The van der Waals surface area contributed by atoms with E-state index >= 15 is 0 Å². The Morgan fingerprint density at radius 2 is 1.65 bits per heavy atom. The third kappa shape index (κ3) is 4.34. The Labute approximate surface area is 157 Å². The van der Waals surface area contributed by atoms with Crippen LogP contribution in [0.4, 0.5) is 0 Å². The molecular weight excluding hydrogens is 320 g/mol. The molecule has 0 N–H and O–H groups in total. The first-order chi connectivity index (χ1) is 12.3. The fourth-order valence-electron chi connectivity index (χ4n) is 3.52. The van der Waals surface area contributed by atoms with Gasteiger partial charge in [-0.25, -0.2) is 0 Å². The Morgan fingerprint density at radius 3 is 2.23 bits per heavy atom. The number of carbonyl (C=O) groups excluding carboxylic acids is 1. The SMILES string of the molecule is C[C@@H]1CN(C(=O)c2ccccc2)CCN1Cc1ccc(C(C)(C)C)cc1. The number of hydrogen-bond acceptors (Lipinski definition) is 2. The largest absolute Gasteiger partial charge is 0.336 e. The van der Waals surface area contributed by atoms with Crippen LogP contribution in [-0.2, 0) is 12.0 Å². The molecule has 0 unspecified atom stereocenters. The molecule has 0 aliphatic carbocycles. The lowest BCUT2D eigenvalue weighted by molar-refractivity contribution is 0.0495. The van der Waals surface area contributed by atoms with Crippen molar-refractivity contribution < 1.29 is 4.79 Å². The van der Waals surface area contributed by atoms with Gasteiger partial charge in [0.15, 0.2) is 0 Å². The molecule has 2 aromatic carbocycles. The van der Waals surface area contributed by atoms with Crippen LogP contribution >= 0.6 is 0 Å². The lowest BCUT2D eigenvalue weighted by Crippen LogP contribution is -2.53. The minimum absolute atomic E-state index is 0.145. The van der Waals surface area contributed by atoms with Crippen molar-refractivity contribution >= 4 is 5.91 Å². The molecule has 0 aromatic heterocycles. The van der Waals surface area contributed by atoms with Gasteiger partial charge in [0.2, 0.25) is 0 Å². The zero-order chi connectivity index (χ0) is 18.7. The molecule has 3 nitrogen and oxygen atoms in total. The highest BCUT2D eigenvalue weighted by Gasteiger charge is 2.27. The molecule has 1 fully saturated rings. The van der Waals surface area contributed by atoms with Gasteiger partial charge >= 0.3 is 0 Å². The quantitative estimate of drug-likeness (QED) is 0.822. The van der Waals surface area contributed by atoms with Crippen molar-refractivity contribution in [3.05, 3.63) is 71.3 Å². The van der Waals surface area contributed by atoms with Gasteiger partial charge in [0, 0.05) is 37.8 Å². The predicted molar refractivity (Wildman–Crippen MR) is 107 cm³/mol. The van der Waals surface area contributed by atoms with Crippen molar-refractivity contribution in [1.29, 1.82) is 0 Å². The number of piperazine rings is 1. The zero-order valence-corrected chi connectivity index (χ0v) is 16.4. The van der Waals surface area contributed by atoms with Gasteiger partial charge < -0.3 is 4.90 Å². The van der Waals surface area contributed by atoms with Gasteiger partial charge in [0.1, 0.15) is 0 Å². The highest BCUT2D eigenvalue weighted by molar-refractivity contribution is 5.94. The van der Waals surface area contributed by atoms with Crippen molar-refractivity contribution in [2.24, 2.45) is 0 Å². The van der Waals surface area contributed by atoms with Crippen LogP contribution in [0.5, 0.6) is 0 Å². The molecule has 3 rings (SSSR count). The summed E-state index contributed by atoms with van der Waals surface area (Å²) in [6, 6.07) is 18.9. The van der Waals surface area contributed by atoms with Gasteiger partial charge in [-0.15, -0.1) is 0 Å². The van der Waals surface area contributed by atoms with Crippen LogP contribution < -0.4 is 0 Å². The molecular formula is C23H30N2O. The highest BCUT2D eigenvalue weighted by atomic mass is 16.2. The average Bonchev–Trinajstić information content (AvgIpc) is 2.63. The molecule has 0 saturated carbocycles. The topological polar surface area (TPSA) is 23.6 Å². The van der Waals surface area contributed by atoms with E-state index in [2.05, 4.69) is 56.9 Å². The molecule has 0 spiro atoms. The first-order valence-electron chi connectivity index (χ1n) is 9.52. The summed E-state index contributed by atoms with van der Waals surface area (Å²) in [6.45, 7) is 12.4. The summed E-state index contributed by atoms with van der Waals surface area (Å²) >= 11 is 0. The smallest absolute Gasteiger partial charge is 0.253 e. The van der Waals surface area contributed by atoms with E-state index in [-0.39, 0.29) is 11.3 Å². The lowest BCUT2D eigenvalue weighted by atomic mass is 9.86. The molecule has 26 heavy (non-hydrogen) atoms. The monoisotopic (exact) mass is 350 g/mol. The number of nitrogens with zero attached hydrogens (tertiary/aromatic N) is 2. The first-order valence-corrected chi connectivity index (χ1v) is 9.52. The summed E-state index contributed by atoms with van der Waals surface area (Å²) in [5.74, 6) is 0.145. The number of benzene rings is 2. The third-order valence-corrected chi connectivity index (χ3v) is 5.28. The average molecular weight is 351 g/mol. The minimum Gasteiger partial charge on any atom is -0.336 e. The molecule has 1 aliphatic rings. The van der Waals surface area contributed by atoms with Crippen molar-refractivity contribution in [3.63, 3.8) is 0 Å². The van der Waals surface area contributed by atoms with E-state index in [1.807, 2.05) is 35.2 Å². The first kappa shape index (κ1) is 18.7. The molecule has 3 heteroatoms. The second-order valence-electron chi connectivity index (χ2n) is 8.38. The summed E-state index contributed by atoms with van der Waals surface area (Å²) < 4.78 is 0. The Kier molecular flexibility index (Phi) is 5.47. The van der Waals surface area contributed by atoms with Crippen LogP contribution in [0.2, 0.25) is 0 Å². The molecule has 1 amide bonds. The molecule has 0 radical (unpaired) electrons. The van der Waals surface area contributed by atoms with Crippen LogP contribution in [0.1, 0.15) is 49.2 Å². The molecule has 0 bridgehead atoms. The normalized spacial score (nSPS) is 18.8. The van der Waals surface area contributed by atoms with Gasteiger partial charge in [-0.2, -0.15) is 0 Å². The van der Waals surface area contributed by atoms with Crippen LogP contribution in [0, 0.1) is 0 Å².